The molecule has 0 bridgehead atoms. The van der Waals surface area contributed by atoms with Crippen molar-refractivity contribution in [3.8, 4) is 0 Å². The lowest BCUT2D eigenvalue weighted by atomic mass is 10.1. The SMILES string of the molecule is CCc1cccnc1CNCC(=O)NCCCOC. The first-order valence-electron chi connectivity index (χ1n) is 6.67. The Kier molecular flexibility index (Phi) is 7.77. The Balaban J connectivity index is 2.20. The van der Waals surface area contributed by atoms with E-state index in [9.17, 15) is 4.79 Å². The smallest absolute Gasteiger partial charge is 0.233 e. The van der Waals surface area contributed by atoms with Gasteiger partial charge in [0.05, 0.1) is 12.2 Å². The molecule has 5 nitrogen and oxygen atoms in total. The van der Waals surface area contributed by atoms with Crippen LogP contribution in [0, 0.1) is 0 Å². The van der Waals surface area contributed by atoms with E-state index in [-0.39, 0.29) is 5.91 Å². The van der Waals surface area contributed by atoms with Gasteiger partial charge in [-0.1, -0.05) is 13.0 Å². The minimum absolute atomic E-state index is 0.00471. The minimum atomic E-state index is 0.00471. The van der Waals surface area contributed by atoms with E-state index in [0.29, 0.717) is 26.2 Å². The summed E-state index contributed by atoms with van der Waals surface area (Å²) in [6.45, 7) is 4.35. The Morgan fingerprint density at radius 3 is 3.05 bits per heavy atom. The topological polar surface area (TPSA) is 63.2 Å². The fourth-order valence-electron chi connectivity index (χ4n) is 1.75. The number of amides is 1. The molecule has 0 unspecified atom stereocenters. The van der Waals surface area contributed by atoms with Crippen molar-refractivity contribution in [2.24, 2.45) is 0 Å². The number of nitrogens with one attached hydrogen (secondary N) is 2. The van der Waals surface area contributed by atoms with Gasteiger partial charge in [0.15, 0.2) is 0 Å². The Morgan fingerprint density at radius 1 is 1.47 bits per heavy atom. The molecule has 1 rings (SSSR count). The second-order valence-corrected chi connectivity index (χ2v) is 4.26. The first kappa shape index (κ1) is 15.6. The summed E-state index contributed by atoms with van der Waals surface area (Å²) < 4.78 is 4.91. The zero-order chi connectivity index (χ0) is 13.9. The van der Waals surface area contributed by atoms with E-state index in [1.54, 1.807) is 13.3 Å². The third-order valence-electron chi connectivity index (χ3n) is 2.79. The number of carbonyl (C=O) groups excluding carboxylic acids is 1. The molecule has 0 aromatic carbocycles. The van der Waals surface area contributed by atoms with E-state index in [2.05, 4.69) is 28.6 Å². The lowest BCUT2D eigenvalue weighted by Gasteiger charge is -2.08. The van der Waals surface area contributed by atoms with Crippen molar-refractivity contribution >= 4 is 5.91 Å². The molecular formula is C14H23N3O2. The molecule has 0 radical (unpaired) electrons. The van der Waals surface area contributed by atoms with Crippen molar-refractivity contribution in [2.45, 2.75) is 26.3 Å². The summed E-state index contributed by atoms with van der Waals surface area (Å²) in [6.07, 6.45) is 3.57. The molecule has 0 aliphatic rings. The fourth-order valence-corrected chi connectivity index (χ4v) is 1.75. The molecule has 1 aromatic heterocycles. The normalized spacial score (nSPS) is 10.4. The molecule has 2 N–H and O–H groups in total. The average Bonchev–Trinajstić information content (AvgIpc) is 2.44. The maximum absolute atomic E-state index is 11.5. The summed E-state index contributed by atoms with van der Waals surface area (Å²) in [7, 11) is 1.65. The van der Waals surface area contributed by atoms with Gasteiger partial charge in [-0.05, 0) is 24.5 Å². The predicted molar refractivity (Wildman–Crippen MR) is 74.8 cm³/mol. The average molecular weight is 265 g/mol. The van der Waals surface area contributed by atoms with E-state index in [4.69, 9.17) is 4.74 Å². The Morgan fingerprint density at radius 2 is 2.32 bits per heavy atom. The summed E-state index contributed by atoms with van der Waals surface area (Å²) >= 11 is 0. The number of ether oxygens (including phenoxy) is 1. The first-order chi connectivity index (χ1) is 9.27. The predicted octanol–water partition coefficient (Wildman–Crippen LogP) is 0.886. The van der Waals surface area contributed by atoms with Crippen molar-refractivity contribution in [3.63, 3.8) is 0 Å². The molecular weight excluding hydrogens is 242 g/mol. The van der Waals surface area contributed by atoms with Gasteiger partial charge in [-0.25, -0.2) is 0 Å². The number of aryl methyl sites for hydroxylation is 1. The second kappa shape index (κ2) is 9.47. The van der Waals surface area contributed by atoms with Crippen LogP contribution in [0.1, 0.15) is 24.6 Å². The van der Waals surface area contributed by atoms with Gasteiger partial charge in [-0.15, -0.1) is 0 Å². The largest absolute Gasteiger partial charge is 0.385 e. The van der Waals surface area contributed by atoms with Crippen molar-refractivity contribution in [1.29, 1.82) is 0 Å². The third kappa shape index (κ3) is 6.31. The molecule has 0 aliphatic carbocycles. The van der Waals surface area contributed by atoms with Gasteiger partial charge in [0.2, 0.25) is 5.91 Å². The molecule has 0 saturated heterocycles. The number of hydrogen-bond acceptors (Lipinski definition) is 4. The number of carbonyl (C=O) groups is 1. The maximum atomic E-state index is 11.5. The molecule has 106 valence electrons. The fraction of sp³-hybridized carbons (Fsp3) is 0.571. The lowest BCUT2D eigenvalue weighted by Crippen LogP contribution is -2.34. The molecule has 0 spiro atoms. The minimum Gasteiger partial charge on any atom is -0.385 e. The number of hydrogen-bond donors (Lipinski definition) is 2. The van der Waals surface area contributed by atoms with E-state index in [1.165, 1.54) is 5.56 Å². The van der Waals surface area contributed by atoms with Gasteiger partial charge in [0, 0.05) is 33.0 Å². The van der Waals surface area contributed by atoms with Crippen LogP contribution in [0.3, 0.4) is 0 Å². The monoisotopic (exact) mass is 265 g/mol. The Labute approximate surface area is 114 Å². The summed E-state index contributed by atoms with van der Waals surface area (Å²) in [5.74, 6) is 0.00471. The van der Waals surface area contributed by atoms with Gasteiger partial charge in [-0.2, -0.15) is 0 Å². The molecule has 0 aliphatic heterocycles. The maximum Gasteiger partial charge on any atom is 0.233 e. The van der Waals surface area contributed by atoms with Crippen LogP contribution in [-0.2, 0) is 22.5 Å². The number of pyridine rings is 1. The zero-order valence-corrected chi connectivity index (χ0v) is 11.7. The quantitative estimate of drug-likeness (QED) is 0.651. The van der Waals surface area contributed by atoms with Crippen LogP contribution in [0.25, 0.3) is 0 Å². The molecule has 0 fully saturated rings. The molecule has 0 saturated carbocycles. The van der Waals surface area contributed by atoms with Crippen LogP contribution < -0.4 is 10.6 Å². The number of nitrogens with zero attached hydrogens (tertiary/aromatic N) is 1. The van der Waals surface area contributed by atoms with Gasteiger partial charge < -0.3 is 15.4 Å². The number of rotatable bonds is 9. The van der Waals surface area contributed by atoms with Crippen molar-refractivity contribution in [2.75, 3.05) is 26.8 Å². The van der Waals surface area contributed by atoms with Crippen LogP contribution in [0.2, 0.25) is 0 Å². The Hall–Kier alpha value is -1.46. The van der Waals surface area contributed by atoms with E-state index >= 15 is 0 Å². The van der Waals surface area contributed by atoms with Crippen molar-refractivity contribution in [1.82, 2.24) is 15.6 Å². The van der Waals surface area contributed by atoms with Gasteiger partial charge in [0.25, 0.3) is 0 Å². The van der Waals surface area contributed by atoms with Crippen molar-refractivity contribution < 1.29 is 9.53 Å². The van der Waals surface area contributed by atoms with Gasteiger partial charge >= 0.3 is 0 Å². The van der Waals surface area contributed by atoms with Crippen molar-refractivity contribution in [3.05, 3.63) is 29.6 Å². The molecule has 0 atom stereocenters. The molecule has 19 heavy (non-hydrogen) atoms. The van der Waals surface area contributed by atoms with Crippen LogP contribution in [0.15, 0.2) is 18.3 Å². The standard InChI is InChI=1S/C14H23N3O2/c1-3-12-6-4-7-16-13(12)10-15-11-14(18)17-8-5-9-19-2/h4,6-7,15H,3,5,8-11H2,1-2H3,(H,17,18). The highest BCUT2D eigenvalue weighted by atomic mass is 16.5. The van der Waals surface area contributed by atoms with Gasteiger partial charge in [-0.3, -0.25) is 9.78 Å². The van der Waals surface area contributed by atoms with E-state index in [0.717, 1.165) is 18.5 Å². The van der Waals surface area contributed by atoms with E-state index < -0.39 is 0 Å². The van der Waals surface area contributed by atoms with Crippen LogP contribution >= 0.6 is 0 Å². The summed E-state index contributed by atoms with van der Waals surface area (Å²) in [6, 6.07) is 4.00. The summed E-state index contributed by atoms with van der Waals surface area (Å²) in [4.78, 5) is 15.8. The first-order valence-corrected chi connectivity index (χ1v) is 6.67. The summed E-state index contributed by atoms with van der Waals surface area (Å²) in [5.41, 5.74) is 2.23. The lowest BCUT2D eigenvalue weighted by molar-refractivity contribution is -0.120. The zero-order valence-electron chi connectivity index (χ0n) is 11.7. The molecule has 1 aromatic rings. The number of aromatic nitrogens is 1. The third-order valence-corrected chi connectivity index (χ3v) is 2.79. The second-order valence-electron chi connectivity index (χ2n) is 4.26. The van der Waals surface area contributed by atoms with Crippen LogP contribution in [-0.4, -0.2) is 37.7 Å². The highest BCUT2D eigenvalue weighted by molar-refractivity contribution is 5.77. The molecule has 1 heterocycles. The van der Waals surface area contributed by atoms with Crippen LogP contribution in [0.4, 0.5) is 0 Å². The van der Waals surface area contributed by atoms with E-state index in [1.807, 2.05) is 6.07 Å². The van der Waals surface area contributed by atoms with Gasteiger partial charge in [0.1, 0.15) is 0 Å². The Bertz CT molecular complexity index is 383. The highest BCUT2D eigenvalue weighted by Gasteiger charge is 2.03. The highest BCUT2D eigenvalue weighted by Crippen LogP contribution is 2.05. The molecule has 1 amide bonds. The number of methoxy groups -OCH3 is 1. The summed E-state index contributed by atoms with van der Waals surface area (Å²) in [5, 5.41) is 5.94. The van der Waals surface area contributed by atoms with Crippen LogP contribution in [0.5, 0.6) is 0 Å². The molecule has 5 heteroatoms.